The standard InChI is InChI=1S/C20H30O4/c1-13(22-12-14-4-6-19(2)10-16(19)8-14)11-23-18(21)15-5-7-20(3)17(9-15)24-20/h14-17H,1,4-12H2,2-3H3. The second kappa shape index (κ2) is 5.76. The average Bonchev–Trinajstić information content (AvgIpc) is 3.42. The number of hydrogen-bond acceptors (Lipinski definition) is 4. The van der Waals surface area contributed by atoms with Gasteiger partial charge in [-0.1, -0.05) is 13.5 Å². The van der Waals surface area contributed by atoms with Crippen molar-refractivity contribution in [1.82, 2.24) is 0 Å². The Balaban J connectivity index is 1.13. The fourth-order valence-electron chi connectivity index (χ4n) is 4.79. The van der Waals surface area contributed by atoms with Gasteiger partial charge in [-0.05, 0) is 69.1 Å². The van der Waals surface area contributed by atoms with Crippen LogP contribution in [0.25, 0.3) is 0 Å². The summed E-state index contributed by atoms with van der Waals surface area (Å²) in [6.45, 7) is 9.36. The van der Waals surface area contributed by atoms with Crippen LogP contribution in [-0.2, 0) is 19.0 Å². The molecule has 3 aliphatic carbocycles. The number of rotatable bonds is 6. The maximum Gasteiger partial charge on any atom is 0.309 e. The third-order valence-corrected chi connectivity index (χ3v) is 7.03. The smallest absolute Gasteiger partial charge is 0.309 e. The van der Waals surface area contributed by atoms with Crippen molar-refractivity contribution in [3.05, 3.63) is 12.3 Å². The van der Waals surface area contributed by atoms with Gasteiger partial charge in [-0.25, -0.2) is 0 Å². The monoisotopic (exact) mass is 334 g/mol. The minimum absolute atomic E-state index is 0.0238. The minimum atomic E-state index is -0.122. The van der Waals surface area contributed by atoms with Crippen molar-refractivity contribution in [3.63, 3.8) is 0 Å². The normalized spacial score (nSPS) is 45.6. The molecule has 0 aromatic heterocycles. The number of esters is 1. The summed E-state index contributed by atoms with van der Waals surface area (Å²) in [5, 5.41) is 0. The summed E-state index contributed by atoms with van der Waals surface area (Å²) in [5.74, 6) is 1.98. The molecule has 0 aromatic rings. The predicted octanol–water partition coefficient (Wildman–Crippen LogP) is 3.84. The van der Waals surface area contributed by atoms with E-state index in [0.717, 1.165) is 31.8 Å². The average molecular weight is 334 g/mol. The maximum atomic E-state index is 12.2. The summed E-state index contributed by atoms with van der Waals surface area (Å²) in [7, 11) is 0. The van der Waals surface area contributed by atoms with E-state index >= 15 is 0 Å². The number of epoxide rings is 1. The SMILES string of the molecule is C=C(COC(=O)C1CCC2(C)OC2C1)OCC1CCC2(C)CC2C1. The van der Waals surface area contributed by atoms with E-state index in [2.05, 4.69) is 20.4 Å². The van der Waals surface area contributed by atoms with E-state index in [-0.39, 0.29) is 30.2 Å². The Morgan fingerprint density at radius 3 is 2.79 bits per heavy atom. The molecule has 4 aliphatic rings. The summed E-state index contributed by atoms with van der Waals surface area (Å²) in [5.41, 5.74) is 0.686. The van der Waals surface area contributed by atoms with Crippen LogP contribution in [0.2, 0.25) is 0 Å². The van der Waals surface area contributed by atoms with Crippen molar-refractivity contribution in [3.8, 4) is 0 Å². The first-order chi connectivity index (χ1) is 11.4. The molecular formula is C20H30O4. The summed E-state index contributed by atoms with van der Waals surface area (Å²) < 4.78 is 16.8. The fourth-order valence-corrected chi connectivity index (χ4v) is 4.79. The van der Waals surface area contributed by atoms with E-state index in [0.29, 0.717) is 17.1 Å². The molecule has 1 aliphatic heterocycles. The van der Waals surface area contributed by atoms with Crippen LogP contribution >= 0.6 is 0 Å². The van der Waals surface area contributed by atoms with Gasteiger partial charge in [-0.15, -0.1) is 0 Å². The third-order valence-electron chi connectivity index (χ3n) is 7.03. The van der Waals surface area contributed by atoms with Gasteiger partial charge in [-0.2, -0.15) is 0 Å². The highest BCUT2D eigenvalue weighted by Gasteiger charge is 2.56. The van der Waals surface area contributed by atoms with Gasteiger partial charge in [0.1, 0.15) is 12.4 Å². The zero-order valence-electron chi connectivity index (χ0n) is 15.0. The predicted molar refractivity (Wildman–Crippen MR) is 90.2 cm³/mol. The summed E-state index contributed by atoms with van der Waals surface area (Å²) in [4.78, 5) is 12.2. The van der Waals surface area contributed by atoms with Crippen LogP contribution in [0.4, 0.5) is 0 Å². The van der Waals surface area contributed by atoms with Gasteiger partial charge >= 0.3 is 5.97 Å². The molecule has 4 heteroatoms. The fraction of sp³-hybridized carbons (Fsp3) is 0.850. The Hall–Kier alpha value is -1.03. The number of ether oxygens (including phenoxy) is 3. The van der Waals surface area contributed by atoms with E-state index in [1.54, 1.807) is 0 Å². The van der Waals surface area contributed by atoms with Crippen LogP contribution < -0.4 is 0 Å². The largest absolute Gasteiger partial charge is 0.495 e. The van der Waals surface area contributed by atoms with Crippen molar-refractivity contribution < 1.29 is 19.0 Å². The molecule has 0 N–H and O–H groups in total. The molecule has 1 heterocycles. The highest BCUT2D eigenvalue weighted by atomic mass is 16.6. The molecule has 24 heavy (non-hydrogen) atoms. The number of fused-ring (bicyclic) bond motifs is 2. The van der Waals surface area contributed by atoms with Crippen LogP contribution in [0.5, 0.6) is 0 Å². The van der Waals surface area contributed by atoms with Crippen molar-refractivity contribution >= 4 is 5.97 Å². The van der Waals surface area contributed by atoms with Crippen molar-refractivity contribution in [2.45, 2.75) is 70.5 Å². The molecular weight excluding hydrogens is 304 g/mol. The van der Waals surface area contributed by atoms with Crippen LogP contribution in [0, 0.1) is 23.2 Å². The van der Waals surface area contributed by atoms with Gasteiger partial charge in [0.25, 0.3) is 0 Å². The molecule has 134 valence electrons. The zero-order valence-corrected chi connectivity index (χ0v) is 15.0. The van der Waals surface area contributed by atoms with Crippen LogP contribution in [-0.4, -0.2) is 30.9 Å². The topological polar surface area (TPSA) is 48.1 Å². The lowest BCUT2D eigenvalue weighted by Crippen LogP contribution is -2.28. The van der Waals surface area contributed by atoms with Gasteiger partial charge in [0, 0.05) is 0 Å². The van der Waals surface area contributed by atoms with Crippen LogP contribution in [0.15, 0.2) is 12.3 Å². The first-order valence-corrected chi connectivity index (χ1v) is 9.53. The van der Waals surface area contributed by atoms with Crippen LogP contribution in [0.1, 0.15) is 58.8 Å². The van der Waals surface area contributed by atoms with Gasteiger partial charge in [0.05, 0.1) is 24.2 Å². The molecule has 0 aromatic carbocycles. The van der Waals surface area contributed by atoms with Crippen molar-refractivity contribution in [2.24, 2.45) is 23.2 Å². The highest BCUT2D eigenvalue weighted by Crippen LogP contribution is 2.62. The summed E-state index contributed by atoms with van der Waals surface area (Å²) >= 11 is 0. The molecule has 0 bridgehead atoms. The number of carbonyl (C=O) groups is 1. The molecule has 6 unspecified atom stereocenters. The Morgan fingerprint density at radius 2 is 2.04 bits per heavy atom. The molecule has 1 saturated heterocycles. The molecule has 0 spiro atoms. The molecule has 0 amide bonds. The molecule has 0 radical (unpaired) electrons. The summed E-state index contributed by atoms with van der Waals surface area (Å²) in [6.07, 6.45) is 8.13. The van der Waals surface area contributed by atoms with E-state index < -0.39 is 0 Å². The van der Waals surface area contributed by atoms with Gasteiger partial charge in [-0.3, -0.25) is 4.79 Å². The molecule has 3 saturated carbocycles. The zero-order chi connectivity index (χ0) is 16.9. The lowest BCUT2D eigenvalue weighted by molar-refractivity contribution is -0.149. The minimum Gasteiger partial charge on any atom is -0.495 e. The Kier molecular flexibility index (Phi) is 3.94. The van der Waals surface area contributed by atoms with Gasteiger partial charge in [0.2, 0.25) is 0 Å². The van der Waals surface area contributed by atoms with E-state index in [1.807, 2.05) is 0 Å². The second-order valence-corrected chi connectivity index (χ2v) is 9.04. The molecule has 4 fully saturated rings. The van der Waals surface area contributed by atoms with E-state index in [9.17, 15) is 4.79 Å². The quantitative estimate of drug-likeness (QED) is 0.421. The van der Waals surface area contributed by atoms with Crippen molar-refractivity contribution in [2.75, 3.05) is 13.2 Å². The van der Waals surface area contributed by atoms with Crippen LogP contribution in [0.3, 0.4) is 0 Å². The van der Waals surface area contributed by atoms with E-state index in [4.69, 9.17) is 14.2 Å². The van der Waals surface area contributed by atoms with Gasteiger partial charge < -0.3 is 14.2 Å². The molecule has 6 atom stereocenters. The molecule has 4 rings (SSSR count). The lowest BCUT2D eigenvalue weighted by Gasteiger charge is -2.26. The number of carbonyl (C=O) groups excluding carboxylic acids is 1. The Bertz CT molecular complexity index is 544. The first kappa shape index (κ1) is 16.4. The Labute approximate surface area is 144 Å². The Morgan fingerprint density at radius 1 is 1.21 bits per heavy atom. The maximum absolute atomic E-state index is 12.2. The lowest BCUT2D eigenvalue weighted by atomic mass is 9.83. The van der Waals surface area contributed by atoms with E-state index in [1.165, 1.54) is 25.7 Å². The number of hydrogen-bond donors (Lipinski definition) is 0. The van der Waals surface area contributed by atoms with Gasteiger partial charge in [0.15, 0.2) is 0 Å². The second-order valence-electron chi connectivity index (χ2n) is 9.04. The highest BCUT2D eigenvalue weighted by molar-refractivity contribution is 5.73. The first-order valence-electron chi connectivity index (χ1n) is 9.53. The summed E-state index contributed by atoms with van der Waals surface area (Å²) in [6, 6.07) is 0. The molecule has 4 nitrogen and oxygen atoms in total. The van der Waals surface area contributed by atoms with Crippen molar-refractivity contribution in [1.29, 1.82) is 0 Å². The third kappa shape index (κ3) is 3.22.